The molecule has 3 aromatic carbocycles. The zero-order valence-electron chi connectivity index (χ0n) is 17.9. The van der Waals surface area contributed by atoms with Crippen molar-refractivity contribution in [3.63, 3.8) is 0 Å². The number of rotatable bonds is 5. The lowest BCUT2D eigenvalue weighted by molar-refractivity contribution is 0.101. The smallest absolute Gasteiger partial charge is 0.232 e. The summed E-state index contributed by atoms with van der Waals surface area (Å²) in [4.78, 5) is 12.9. The number of carbonyl (C=O) groups is 1. The number of hydrogen-bond donors (Lipinski definition) is 0. The molecule has 6 nitrogen and oxygen atoms in total. The molecule has 0 amide bonds. The Labute approximate surface area is 195 Å². The third-order valence-electron chi connectivity index (χ3n) is 5.34. The predicted octanol–water partition coefficient (Wildman–Crippen LogP) is 5.83. The number of hydrogen-bond acceptors (Lipinski definition) is 5. The van der Waals surface area contributed by atoms with E-state index in [1.807, 2.05) is 54.7 Å². The Morgan fingerprint density at radius 3 is 2.52 bits per heavy atom. The van der Waals surface area contributed by atoms with Gasteiger partial charge in [0.1, 0.15) is 11.4 Å². The summed E-state index contributed by atoms with van der Waals surface area (Å²) >= 11 is 6.06. The normalized spacial score (nSPS) is 13.7. The molecule has 0 saturated carbocycles. The zero-order valence-corrected chi connectivity index (χ0v) is 18.7. The molecule has 0 bridgehead atoms. The Hall–Kier alpha value is -4.03. The third kappa shape index (κ3) is 3.85. The minimum atomic E-state index is -0.224. The van der Waals surface area contributed by atoms with E-state index in [1.54, 1.807) is 43.2 Å². The molecule has 0 N–H and O–H groups in total. The van der Waals surface area contributed by atoms with Gasteiger partial charge in [-0.25, -0.2) is 4.68 Å². The number of nitrogens with zero attached hydrogens (tertiary/aromatic N) is 2. The Morgan fingerprint density at radius 1 is 0.970 bits per heavy atom. The highest BCUT2D eigenvalue weighted by Gasteiger charge is 2.28. The zero-order chi connectivity index (χ0) is 22.9. The van der Waals surface area contributed by atoms with Crippen LogP contribution in [0.25, 0.3) is 23.0 Å². The molecule has 4 aromatic rings. The van der Waals surface area contributed by atoms with Crippen LogP contribution in [0.15, 0.2) is 78.7 Å². The highest BCUT2D eigenvalue weighted by Crippen LogP contribution is 2.37. The SMILES string of the molecule is COc1ccc(-c2nn(-c3ccccc3)cc2/C=C2\Oc3ccc(Cl)cc3C2=O)cc1OC. The standard InChI is InChI=1S/C26H19ClN2O4/c1-31-22-10-8-16(12-23(22)32-2)25-17(15-29(28-25)19-6-4-3-5-7-19)13-24-26(30)20-14-18(27)9-11-21(20)33-24/h3-15H,1-2H3/b24-13-. The highest BCUT2D eigenvalue weighted by atomic mass is 35.5. The summed E-state index contributed by atoms with van der Waals surface area (Å²) in [5, 5.41) is 5.28. The molecule has 1 aromatic heterocycles. The van der Waals surface area contributed by atoms with Gasteiger partial charge in [-0.05, 0) is 54.6 Å². The van der Waals surface area contributed by atoms with E-state index in [1.165, 1.54) is 0 Å². The lowest BCUT2D eigenvalue weighted by Gasteiger charge is -2.09. The first kappa shape index (κ1) is 20.8. The first-order valence-electron chi connectivity index (χ1n) is 10.2. The number of allylic oxidation sites excluding steroid dienone is 1. The fraction of sp³-hybridized carbons (Fsp3) is 0.0769. The summed E-state index contributed by atoms with van der Waals surface area (Å²) < 4.78 is 18.4. The van der Waals surface area contributed by atoms with E-state index < -0.39 is 0 Å². The molecule has 0 radical (unpaired) electrons. The number of fused-ring (bicyclic) bond motifs is 1. The summed E-state index contributed by atoms with van der Waals surface area (Å²) in [5.41, 5.74) is 3.51. The number of methoxy groups -OCH3 is 2. The van der Waals surface area contributed by atoms with Gasteiger partial charge in [0.2, 0.25) is 5.78 Å². The van der Waals surface area contributed by atoms with E-state index in [9.17, 15) is 4.79 Å². The van der Waals surface area contributed by atoms with Gasteiger partial charge in [0.25, 0.3) is 0 Å². The first-order valence-corrected chi connectivity index (χ1v) is 10.6. The molecule has 0 saturated heterocycles. The number of ketones is 1. The van der Waals surface area contributed by atoms with E-state index in [4.69, 9.17) is 30.9 Å². The Bertz CT molecular complexity index is 1390. The van der Waals surface area contributed by atoms with Gasteiger partial charge in [-0.3, -0.25) is 4.79 Å². The minimum Gasteiger partial charge on any atom is -0.493 e. The van der Waals surface area contributed by atoms with Gasteiger partial charge in [0.05, 0.1) is 25.5 Å². The fourth-order valence-corrected chi connectivity index (χ4v) is 3.89. The number of benzene rings is 3. The summed E-state index contributed by atoms with van der Waals surface area (Å²) in [5.74, 6) is 1.67. The summed E-state index contributed by atoms with van der Waals surface area (Å²) in [7, 11) is 3.17. The third-order valence-corrected chi connectivity index (χ3v) is 5.57. The number of ether oxygens (including phenoxy) is 3. The topological polar surface area (TPSA) is 62.6 Å². The van der Waals surface area contributed by atoms with Crippen molar-refractivity contribution in [2.24, 2.45) is 0 Å². The number of Topliss-reactive ketones (excluding diaryl/α,β-unsaturated/α-hetero) is 1. The van der Waals surface area contributed by atoms with Crippen molar-refractivity contribution >= 4 is 23.5 Å². The predicted molar refractivity (Wildman–Crippen MR) is 126 cm³/mol. The molecule has 0 spiro atoms. The van der Waals surface area contributed by atoms with Crippen molar-refractivity contribution in [3.8, 4) is 34.2 Å². The van der Waals surface area contributed by atoms with Crippen LogP contribution in [0.3, 0.4) is 0 Å². The van der Waals surface area contributed by atoms with Crippen molar-refractivity contribution in [1.82, 2.24) is 9.78 Å². The molecule has 1 aliphatic heterocycles. The molecule has 5 rings (SSSR count). The largest absolute Gasteiger partial charge is 0.493 e. The van der Waals surface area contributed by atoms with E-state index in [-0.39, 0.29) is 11.5 Å². The Kier molecular flexibility index (Phi) is 5.36. The van der Waals surface area contributed by atoms with Crippen LogP contribution in [0.4, 0.5) is 0 Å². The maximum Gasteiger partial charge on any atom is 0.232 e. The lowest BCUT2D eigenvalue weighted by Crippen LogP contribution is -1.98. The van der Waals surface area contributed by atoms with Crippen molar-refractivity contribution in [1.29, 1.82) is 0 Å². The second-order valence-corrected chi connectivity index (χ2v) is 7.80. The summed E-state index contributed by atoms with van der Waals surface area (Å²) in [6, 6.07) is 20.3. The van der Waals surface area contributed by atoms with Gasteiger partial charge < -0.3 is 14.2 Å². The maximum atomic E-state index is 12.9. The molecule has 0 aliphatic carbocycles. The molecular formula is C26H19ClN2O4. The van der Waals surface area contributed by atoms with Crippen LogP contribution >= 0.6 is 11.6 Å². The summed E-state index contributed by atoms with van der Waals surface area (Å²) in [6.45, 7) is 0. The van der Waals surface area contributed by atoms with E-state index in [2.05, 4.69) is 0 Å². The van der Waals surface area contributed by atoms with Crippen LogP contribution in [0, 0.1) is 0 Å². The molecule has 164 valence electrons. The highest BCUT2D eigenvalue weighted by molar-refractivity contribution is 6.31. The number of carbonyl (C=O) groups excluding carboxylic acids is 1. The van der Waals surface area contributed by atoms with Crippen LogP contribution in [-0.2, 0) is 0 Å². The molecule has 33 heavy (non-hydrogen) atoms. The molecule has 0 atom stereocenters. The fourth-order valence-electron chi connectivity index (χ4n) is 3.72. The molecule has 0 fully saturated rings. The summed E-state index contributed by atoms with van der Waals surface area (Å²) in [6.07, 6.45) is 3.57. The second-order valence-electron chi connectivity index (χ2n) is 7.36. The molecule has 2 heterocycles. The van der Waals surface area contributed by atoms with Gasteiger partial charge in [-0.1, -0.05) is 29.8 Å². The minimum absolute atomic E-state index is 0.210. The number of halogens is 1. The van der Waals surface area contributed by atoms with Crippen LogP contribution in [0.1, 0.15) is 15.9 Å². The van der Waals surface area contributed by atoms with Crippen molar-refractivity contribution in [3.05, 3.63) is 94.8 Å². The second kappa shape index (κ2) is 8.48. The van der Waals surface area contributed by atoms with Crippen molar-refractivity contribution in [2.45, 2.75) is 0 Å². The maximum absolute atomic E-state index is 12.9. The van der Waals surface area contributed by atoms with Gasteiger partial charge in [-0.2, -0.15) is 5.10 Å². The average molecular weight is 459 g/mol. The van der Waals surface area contributed by atoms with E-state index in [0.717, 1.165) is 11.3 Å². The Balaban J connectivity index is 1.63. The van der Waals surface area contributed by atoms with Gasteiger partial charge in [-0.15, -0.1) is 0 Å². The average Bonchev–Trinajstić information content (AvgIpc) is 3.40. The molecular weight excluding hydrogens is 440 g/mol. The van der Waals surface area contributed by atoms with Crippen LogP contribution in [0.5, 0.6) is 17.2 Å². The first-order chi connectivity index (χ1) is 16.1. The monoisotopic (exact) mass is 458 g/mol. The van der Waals surface area contributed by atoms with Gasteiger partial charge in [0.15, 0.2) is 17.3 Å². The number of aromatic nitrogens is 2. The van der Waals surface area contributed by atoms with E-state index in [0.29, 0.717) is 39.1 Å². The lowest BCUT2D eigenvalue weighted by atomic mass is 10.1. The van der Waals surface area contributed by atoms with Crippen molar-refractivity contribution in [2.75, 3.05) is 14.2 Å². The van der Waals surface area contributed by atoms with Gasteiger partial charge in [0, 0.05) is 22.3 Å². The molecule has 7 heteroatoms. The molecule has 1 aliphatic rings. The van der Waals surface area contributed by atoms with Crippen LogP contribution in [0.2, 0.25) is 5.02 Å². The number of para-hydroxylation sites is 1. The van der Waals surface area contributed by atoms with Crippen LogP contribution < -0.4 is 14.2 Å². The molecule has 0 unspecified atom stereocenters. The van der Waals surface area contributed by atoms with Gasteiger partial charge >= 0.3 is 0 Å². The Morgan fingerprint density at radius 2 is 1.76 bits per heavy atom. The van der Waals surface area contributed by atoms with E-state index >= 15 is 0 Å². The van der Waals surface area contributed by atoms with Crippen molar-refractivity contribution < 1.29 is 19.0 Å². The van der Waals surface area contributed by atoms with Crippen LogP contribution in [-0.4, -0.2) is 29.8 Å². The quantitative estimate of drug-likeness (QED) is 0.352.